The highest BCUT2D eigenvalue weighted by molar-refractivity contribution is 7.98. The predicted octanol–water partition coefficient (Wildman–Crippen LogP) is 2.36. The molecule has 0 bridgehead atoms. The number of carboxylic acid groups (broad SMARTS) is 1. The van der Waals surface area contributed by atoms with Gasteiger partial charge < -0.3 is 10.8 Å². The molecule has 0 heterocycles. The number of aliphatic carboxylic acids is 1. The maximum atomic E-state index is 10.5. The van der Waals surface area contributed by atoms with Gasteiger partial charge in [-0.3, -0.25) is 4.79 Å². The summed E-state index contributed by atoms with van der Waals surface area (Å²) in [5, 5.41) is 8.63. The van der Waals surface area contributed by atoms with Crippen LogP contribution in [0.25, 0.3) is 5.57 Å². The fourth-order valence-corrected chi connectivity index (χ4v) is 2.20. The van der Waals surface area contributed by atoms with E-state index in [4.69, 9.17) is 10.8 Å². The average Bonchev–Trinajstić information content (AvgIpc) is 2.29. The van der Waals surface area contributed by atoms with E-state index in [9.17, 15) is 4.79 Å². The third-order valence-corrected chi connectivity index (χ3v) is 3.46. The minimum atomic E-state index is -0.949. The number of thioether (sulfide) groups is 1. The second kappa shape index (κ2) is 6.47. The van der Waals surface area contributed by atoms with Crippen LogP contribution in [0.5, 0.6) is 0 Å². The van der Waals surface area contributed by atoms with Crippen molar-refractivity contribution >= 4 is 23.3 Å². The van der Waals surface area contributed by atoms with Crippen LogP contribution in [0.1, 0.15) is 18.1 Å². The number of carbonyl (C=O) groups is 1. The molecule has 92 valence electrons. The standard InChI is InChI=1S/C13H17NO2S/c1-9(2)11-5-3-10(4-6-11)7-17-8-12(14)13(15)16/h3-6,12H,1,7-8,14H2,2H3,(H,15,16)/t12-/m0/s1. The van der Waals surface area contributed by atoms with Gasteiger partial charge in [-0.1, -0.05) is 36.4 Å². The lowest BCUT2D eigenvalue weighted by Crippen LogP contribution is -2.32. The van der Waals surface area contributed by atoms with E-state index in [1.54, 1.807) is 0 Å². The summed E-state index contributed by atoms with van der Waals surface area (Å²) in [6.45, 7) is 5.84. The first-order valence-electron chi connectivity index (χ1n) is 5.31. The Hall–Kier alpha value is -1.26. The lowest BCUT2D eigenvalue weighted by molar-refractivity contribution is -0.137. The Kier molecular flexibility index (Phi) is 5.25. The van der Waals surface area contributed by atoms with Crippen LogP contribution in [0.2, 0.25) is 0 Å². The van der Waals surface area contributed by atoms with Crippen LogP contribution in [0.15, 0.2) is 30.8 Å². The maximum Gasteiger partial charge on any atom is 0.321 e. The zero-order valence-corrected chi connectivity index (χ0v) is 10.7. The van der Waals surface area contributed by atoms with Crippen molar-refractivity contribution in [1.29, 1.82) is 0 Å². The van der Waals surface area contributed by atoms with Crippen molar-refractivity contribution in [3.8, 4) is 0 Å². The number of allylic oxidation sites excluding steroid dienone is 1. The quantitative estimate of drug-likeness (QED) is 0.814. The summed E-state index contributed by atoms with van der Waals surface area (Å²) in [6, 6.07) is 7.33. The molecular weight excluding hydrogens is 234 g/mol. The van der Waals surface area contributed by atoms with Gasteiger partial charge in [0.05, 0.1) is 0 Å². The Labute approximate surface area is 106 Å². The monoisotopic (exact) mass is 251 g/mol. The van der Waals surface area contributed by atoms with Gasteiger partial charge in [0, 0.05) is 11.5 Å². The van der Waals surface area contributed by atoms with Crippen LogP contribution in [-0.2, 0) is 10.5 Å². The van der Waals surface area contributed by atoms with E-state index in [1.807, 2.05) is 31.2 Å². The van der Waals surface area contributed by atoms with Crippen molar-refractivity contribution in [2.75, 3.05) is 5.75 Å². The lowest BCUT2D eigenvalue weighted by Gasteiger charge is -2.06. The van der Waals surface area contributed by atoms with E-state index in [0.29, 0.717) is 5.75 Å². The Morgan fingerprint density at radius 3 is 2.53 bits per heavy atom. The van der Waals surface area contributed by atoms with Crippen molar-refractivity contribution in [3.63, 3.8) is 0 Å². The van der Waals surface area contributed by atoms with Crippen LogP contribution < -0.4 is 5.73 Å². The average molecular weight is 251 g/mol. The summed E-state index contributed by atoms with van der Waals surface area (Å²) in [5.41, 5.74) is 8.74. The molecule has 0 unspecified atom stereocenters. The maximum absolute atomic E-state index is 10.5. The van der Waals surface area contributed by atoms with Crippen molar-refractivity contribution in [2.45, 2.75) is 18.7 Å². The summed E-state index contributed by atoms with van der Waals surface area (Å²) in [6.07, 6.45) is 0. The first kappa shape index (κ1) is 13.8. The Balaban J connectivity index is 2.42. The molecule has 1 aromatic rings. The zero-order valence-electron chi connectivity index (χ0n) is 9.85. The first-order chi connectivity index (χ1) is 8.00. The SMILES string of the molecule is C=C(C)c1ccc(CSC[C@H](N)C(=O)O)cc1. The number of benzene rings is 1. The fourth-order valence-electron chi connectivity index (χ4n) is 1.26. The number of hydrogen-bond donors (Lipinski definition) is 2. The predicted molar refractivity (Wildman–Crippen MR) is 72.9 cm³/mol. The number of rotatable bonds is 6. The smallest absolute Gasteiger partial charge is 0.321 e. The normalized spacial score (nSPS) is 12.1. The Bertz CT molecular complexity index is 400. The van der Waals surface area contributed by atoms with Crippen molar-refractivity contribution in [3.05, 3.63) is 42.0 Å². The van der Waals surface area contributed by atoms with Crippen molar-refractivity contribution in [1.82, 2.24) is 0 Å². The van der Waals surface area contributed by atoms with Gasteiger partial charge in [0.2, 0.25) is 0 Å². The highest BCUT2D eigenvalue weighted by Gasteiger charge is 2.10. The molecular formula is C13H17NO2S. The third kappa shape index (κ3) is 4.63. The molecule has 17 heavy (non-hydrogen) atoms. The van der Waals surface area contributed by atoms with Crippen LogP contribution in [0.4, 0.5) is 0 Å². The molecule has 0 amide bonds. The van der Waals surface area contributed by atoms with E-state index in [2.05, 4.69) is 6.58 Å². The van der Waals surface area contributed by atoms with Gasteiger partial charge in [0.25, 0.3) is 0 Å². The molecule has 0 saturated heterocycles. The van der Waals surface area contributed by atoms with E-state index in [-0.39, 0.29) is 0 Å². The lowest BCUT2D eigenvalue weighted by atomic mass is 10.1. The fraction of sp³-hybridized carbons (Fsp3) is 0.308. The molecule has 1 aromatic carbocycles. The summed E-state index contributed by atoms with van der Waals surface area (Å²) in [7, 11) is 0. The molecule has 0 fully saturated rings. The number of nitrogens with two attached hydrogens (primary N) is 1. The molecule has 3 N–H and O–H groups in total. The van der Waals surface area contributed by atoms with Gasteiger partial charge >= 0.3 is 5.97 Å². The van der Waals surface area contributed by atoms with Crippen molar-refractivity contribution in [2.24, 2.45) is 5.73 Å². The molecule has 0 aliphatic heterocycles. The Morgan fingerprint density at radius 2 is 2.06 bits per heavy atom. The van der Waals surface area contributed by atoms with Crippen LogP contribution in [0.3, 0.4) is 0 Å². The van der Waals surface area contributed by atoms with Crippen LogP contribution in [0, 0.1) is 0 Å². The molecule has 1 atom stereocenters. The topological polar surface area (TPSA) is 63.3 Å². The molecule has 1 rings (SSSR count). The second-order valence-corrected chi connectivity index (χ2v) is 4.97. The third-order valence-electron chi connectivity index (χ3n) is 2.33. The van der Waals surface area contributed by atoms with Crippen LogP contribution >= 0.6 is 11.8 Å². The number of hydrogen-bond acceptors (Lipinski definition) is 3. The first-order valence-corrected chi connectivity index (χ1v) is 6.47. The van der Waals surface area contributed by atoms with E-state index >= 15 is 0 Å². The molecule has 4 heteroatoms. The van der Waals surface area contributed by atoms with E-state index in [1.165, 1.54) is 11.8 Å². The molecule has 0 radical (unpaired) electrons. The van der Waals surface area contributed by atoms with Crippen LogP contribution in [-0.4, -0.2) is 22.9 Å². The highest BCUT2D eigenvalue weighted by atomic mass is 32.2. The second-order valence-electron chi connectivity index (χ2n) is 3.94. The van der Waals surface area contributed by atoms with Gasteiger partial charge in [-0.25, -0.2) is 0 Å². The van der Waals surface area contributed by atoms with Gasteiger partial charge in [0.15, 0.2) is 0 Å². The molecule has 3 nitrogen and oxygen atoms in total. The summed E-state index contributed by atoms with van der Waals surface area (Å²) in [4.78, 5) is 10.5. The molecule has 0 aliphatic rings. The van der Waals surface area contributed by atoms with Crippen molar-refractivity contribution < 1.29 is 9.90 Å². The van der Waals surface area contributed by atoms with Gasteiger partial charge in [-0.15, -0.1) is 0 Å². The van der Waals surface area contributed by atoms with E-state index < -0.39 is 12.0 Å². The molecule has 0 aliphatic carbocycles. The number of carboxylic acids is 1. The van der Waals surface area contributed by atoms with Gasteiger partial charge in [-0.2, -0.15) is 11.8 Å². The molecule has 0 aromatic heterocycles. The highest BCUT2D eigenvalue weighted by Crippen LogP contribution is 2.16. The molecule has 0 spiro atoms. The minimum absolute atomic E-state index is 0.428. The Morgan fingerprint density at radius 1 is 1.47 bits per heavy atom. The summed E-state index contributed by atoms with van der Waals surface area (Å²) < 4.78 is 0. The minimum Gasteiger partial charge on any atom is -0.480 e. The van der Waals surface area contributed by atoms with Gasteiger partial charge in [-0.05, 0) is 18.1 Å². The summed E-state index contributed by atoms with van der Waals surface area (Å²) in [5.74, 6) is 0.254. The molecule has 0 saturated carbocycles. The van der Waals surface area contributed by atoms with Gasteiger partial charge in [0.1, 0.15) is 6.04 Å². The van der Waals surface area contributed by atoms with E-state index in [0.717, 1.165) is 22.5 Å². The summed E-state index contributed by atoms with van der Waals surface area (Å²) >= 11 is 1.53. The largest absolute Gasteiger partial charge is 0.480 e. The zero-order chi connectivity index (χ0) is 12.8.